The third-order valence-corrected chi connectivity index (χ3v) is 5.46. The minimum absolute atomic E-state index is 0.102. The third kappa shape index (κ3) is 1.60. The van der Waals surface area contributed by atoms with Crippen LogP contribution in [0.15, 0.2) is 15.7 Å². The number of rotatable bonds is 1. The molecule has 0 atom stereocenters. The zero-order valence-electron chi connectivity index (χ0n) is 10.8. The van der Waals surface area contributed by atoms with Gasteiger partial charge < -0.3 is 5.73 Å². The number of nitrogens with one attached hydrogen (secondary N) is 1. The van der Waals surface area contributed by atoms with Crippen LogP contribution in [0.4, 0.5) is 5.82 Å². The minimum atomic E-state index is -0.331. The molecule has 0 radical (unpaired) electrons. The van der Waals surface area contributed by atoms with E-state index in [0.29, 0.717) is 11.8 Å². The van der Waals surface area contributed by atoms with Gasteiger partial charge in [-0.3, -0.25) is 14.3 Å². The Bertz CT molecular complexity index is 571. The van der Waals surface area contributed by atoms with Crippen molar-refractivity contribution in [2.45, 2.75) is 38.1 Å². The first kappa shape index (κ1) is 11.3. The van der Waals surface area contributed by atoms with Gasteiger partial charge in [-0.2, -0.15) is 0 Å². The molecule has 3 N–H and O–H groups in total. The fourth-order valence-electron chi connectivity index (χ4n) is 5.12. The quantitative estimate of drug-likeness (QED) is 0.794. The molecule has 0 spiro atoms. The highest BCUT2D eigenvalue weighted by molar-refractivity contribution is 5.24. The largest absolute Gasteiger partial charge is 0.385 e. The predicted molar refractivity (Wildman–Crippen MR) is 71.8 cm³/mol. The van der Waals surface area contributed by atoms with Gasteiger partial charge in [0.1, 0.15) is 5.82 Å². The van der Waals surface area contributed by atoms with E-state index in [1.54, 1.807) is 0 Å². The van der Waals surface area contributed by atoms with Crippen molar-refractivity contribution >= 4 is 5.82 Å². The molecule has 1 heterocycles. The average molecular weight is 261 g/mol. The summed E-state index contributed by atoms with van der Waals surface area (Å²) < 4.78 is 1.45. The zero-order chi connectivity index (χ0) is 13.1. The molecule has 0 amide bonds. The summed E-state index contributed by atoms with van der Waals surface area (Å²) in [6.07, 6.45) is 6.12. The van der Waals surface area contributed by atoms with Crippen LogP contribution in [0.2, 0.25) is 0 Å². The molecular formula is C14H19N3O2. The summed E-state index contributed by atoms with van der Waals surface area (Å²) >= 11 is 0. The Morgan fingerprint density at radius 2 is 1.63 bits per heavy atom. The maximum Gasteiger partial charge on any atom is 0.330 e. The van der Waals surface area contributed by atoms with Crippen LogP contribution in [0, 0.1) is 23.7 Å². The van der Waals surface area contributed by atoms with Crippen molar-refractivity contribution in [1.29, 1.82) is 0 Å². The van der Waals surface area contributed by atoms with Crippen LogP contribution in [0.3, 0.4) is 0 Å². The van der Waals surface area contributed by atoms with Crippen molar-refractivity contribution in [3.63, 3.8) is 0 Å². The number of anilines is 1. The lowest BCUT2D eigenvalue weighted by Crippen LogP contribution is -2.51. The van der Waals surface area contributed by atoms with Crippen molar-refractivity contribution in [3.8, 4) is 0 Å². The van der Waals surface area contributed by atoms with Crippen LogP contribution >= 0.6 is 0 Å². The Labute approximate surface area is 110 Å². The highest BCUT2D eigenvalue weighted by Gasteiger charge is 2.49. The minimum Gasteiger partial charge on any atom is -0.385 e. The van der Waals surface area contributed by atoms with Gasteiger partial charge in [-0.15, -0.1) is 0 Å². The molecule has 0 aromatic carbocycles. The molecule has 102 valence electrons. The van der Waals surface area contributed by atoms with E-state index in [4.69, 9.17) is 5.73 Å². The Morgan fingerprint density at radius 1 is 1.05 bits per heavy atom. The molecule has 0 aliphatic heterocycles. The molecule has 4 aliphatic carbocycles. The second-order valence-corrected chi connectivity index (χ2v) is 6.66. The third-order valence-electron chi connectivity index (χ3n) is 5.46. The lowest BCUT2D eigenvalue weighted by molar-refractivity contribution is -0.0319. The van der Waals surface area contributed by atoms with Crippen molar-refractivity contribution in [2.24, 2.45) is 23.7 Å². The van der Waals surface area contributed by atoms with Gasteiger partial charge >= 0.3 is 5.69 Å². The lowest BCUT2D eigenvalue weighted by atomic mass is 9.54. The van der Waals surface area contributed by atoms with Gasteiger partial charge in [0, 0.05) is 12.1 Å². The smallest absolute Gasteiger partial charge is 0.330 e. The van der Waals surface area contributed by atoms with Gasteiger partial charge in [-0.05, 0) is 55.8 Å². The topological polar surface area (TPSA) is 80.9 Å². The highest BCUT2D eigenvalue weighted by atomic mass is 16.2. The monoisotopic (exact) mass is 261 g/mol. The molecule has 4 saturated carbocycles. The Kier molecular flexibility index (Phi) is 2.23. The van der Waals surface area contributed by atoms with Crippen molar-refractivity contribution in [1.82, 2.24) is 9.55 Å². The van der Waals surface area contributed by atoms with Crippen LogP contribution in [-0.4, -0.2) is 9.55 Å². The molecule has 0 saturated heterocycles. The molecule has 19 heavy (non-hydrogen) atoms. The summed E-state index contributed by atoms with van der Waals surface area (Å²) in [5, 5.41) is 0. The van der Waals surface area contributed by atoms with E-state index in [-0.39, 0.29) is 23.1 Å². The summed E-state index contributed by atoms with van der Waals surface area (Å²) in [6.45, 7) is 0. The van der Waals surface area contributed by atoms with Gasteiger partial charge in [0.05, 0.1) is 0 Å². The van der Waals surface area contributed by atoms with Crippen LogP contribution < -0.4 is 17.0 Å². The number of nitrogens with zero attached hydrogens (tertiary/aromatic N) is 1. The first-order valence-corrected chi connectivity index (χ1v) is 7.23. The zero-order valence-corrected chi connectivity index (χ0v) is 10.8. The molecule has 5 nitrogen and oxygen atoms in total. The van der Waals surface area contributed by atoms with Crippen LogP contribution in [0.1, 0.15) is 38.1 Å². The Balaban J connectivity index is 1.81. The molecule has 1 aromatic heterocycles. The van der Waals surface area contributed by atoms with E-state index < -0.39 is 0 Å². The number of hydrogen-bond donors (Lipinski definition) is 2. The number of nitrogens with two attached hydrogens (primary N) is 1. The summed E-state index contributed by atoms with van der Waals surface area (Å²) in [5.41, 5.74) is 4.97. The standard InChI is InChI=1S/C14H19N3O2/c15-11-6-12(18)17(14(19)16-11)13-9-2-7-1-8(4-9)5-10(13)3-7/h6-10,13H,1-5,15H2,(H,16,19). The van der Waals surface area contributed by atoms with E-state index in [1.165, 1.54) is 42.7 Å². The number of aromatic nitrogens is 2. The fraction of sp³-hybridized carbons (Fsp3) is 0.714. The summed E-state index contributed by atoms with van der Waals surface area (Å²) in [5.74, 6) is 2.86. The fourth-order valence-corrected chi connectivity index (χ4v) is 5.12. The van der Waals surface area contributed by atoms with Gasteiger partial charge in [-0.25, -0.2) is 4.79 Å². The van der Waals surface area contributed by atoms with Crippen LogP contribution in [0.25, 0.3) is 0 Å². The van der Waals surface area contributed by atoms with Crippen molar-refractivity contribution in [2.75, 3.05) is 5.73 Å². The van der Waals surface area contributed by atoms with Gasteiger partial charge in [0.2, 0.25) is 0 Å². The molecular weight excluding hydrogens is 242 g/mol. The lowest BCUT2D eigenvalue weighted by Gasteiger charge is -2.54. The van der Waals surface area contributed by atoms with E-state index in [0.717, 1.165) is 11.8 Å². The van der Waals surface area contributed by atoms with E-state index >= 15 is 0 Å². The molecule has 0 unspecified atom stereocenters. The van der Waals surface area contributed by atoms with Crippen LogP contribution in [0.5, 0.6) is 0 Å². The molecule has 1 aromatic rings. The Morgan fingerprint density at radius 3 is 2.16 bits per heavy atom. The van der Waals surface area contributed by atoms with E-state index in [9.17, 15) is 9.59 Å². The number of nitrogen functional groups attached to an aromatic ring is 1. The molecule has 5 heteroatoms. The molecule has 4 aliphatic rings. The van der Waals surface area contributed by atoms with Crippen LogP contribution in [-0.2, 0) is 0 Å². The first-order valence-electron chi connectivity index (χ1n) is 7.23. The maximum atomic E-state index is 12.1. The maximum absolute atomic E-state index is 12.1. The van der Waals surface area contributed by atoms with Crippen molar-refractivity contribution in [3.05, 3.63) is 26.9 Å². The SMILES string of the molecule is Nc1cc(=O)n(C2C3CC4CC(C3)CC2C4)c(=O)[nH]1. The second kappa shape index (κ2) is 3.74. The predicted octanol–water partition coefficient (Wildman–Crippen LogP) is 1.12. The first-order chi connectivity index (χ1) is 9.11. The van der Waals surface area contributed by atoms with E-state index in [2.05, 4.69) is 4.98 Å². The summed E-state index contributed by atoms with van der Waals surface area (Å²) in [7, 11) is 0. The second-order valence-electron chi connectivity index (χ2n) is 6.66. The van der Waals surface area contributed by atoms with Gasteiger partial charge in [-0.1, -0.05) is 0 Å². The highest BCUT2D eigenvalue weighted by Crippen LogP contribution is 2.57. The molecule has 4 fully saturated rings. The summed E-state index contributed by atoms with van der Waals surface area (Å²) in [4.78, 5) is 26.8. The number of aromatic amines is 1. The average Bonchev–Trinajstić information content (AvgIpc) is 2.30. The Hall–Kier alpha value is -1.52. The number of H-pyrrole nitrogens is 1. The number of hydrogen-bond acceptors (Lipinski definition) is 3. The molecule has 4 bridgehead atoms. The molecule has 5 rings (SSSR count). The van der Waals surface area contributed by atoms with E-state index in [1.807, 2.05) is 0 Å². The van der Waals surface area contributed by atoms with Gasteiger partial charge in [0.15, 0.2) is 0 Å². The summed E-state index contributed by atoms with van der Waals surface area (Å²) in [6, 6.07) is 1.44. The van der Waals surface area contributed by atoms with Crippen molar-refractivity contribution < 1.29 is 0 Å². The van der Waals surface area contributed by atoms with Gasteiger partial charge in [0.25, 0.3) is 5.56 Å². The normalized spacial score (nSPS) is 39.7.